The highest BCUT2D eigenvalue weighted by Crippen LogP contribution is 1.99. The third-order valence-electron chi connectivity index (χ3n) is 0.831. The maximum absolute atomic E-state index is 5.71. The first kappa shape index (κ1) is 11.4. The van der Waals surface area contributed by atoms with E-state index in [2.05, 4.69) is 0 Å². The van der Waals surface area contributed by atoms with Gasteiger partial charge in [0.25, 0.3) is 0 Å². The lowest BCUT2D eigenvalue weighted by Gasteiger charge is -2.10. The fourth-order valence-electron chi connectivity index (χ4n) is 0.425. The molecule has 0 bridgehead atoms. The molecule has 0 spiro atoms. The minimum absolute atomic E-state index is 0.129. The first-order valence-corrected chi connectivity index (χ1v) is 5.80. The lowest BCUT2D eigenvalue weighted by atomic mass is 10.5. The predicted octanol–water partition coefficient (Wildman–Crippen LogP) is 1.30. The fourth-order valence-corrected chi connectivity index (χ4v) is 1.87. The first-order chi connectivity index (χ1) is 5.16. The second kappa shape index (κ2) is 7.06. The molecule has 0 aromatic carbocycles. The van der Waals surface area contributed by atoms with Gasteiger partial charge in [0.05, 0.1) is 13.2 Å². The molecule has 0 aliphatic rings. The zero-order valence-corrected chi connectivity index (χ0v) is 8.85. The lowest BCUT2D eigenvalue weighted by Crippen LogP contribution is -2.22. The zero-order chi connectivity index (χ0) is 8.69. The molecule has 0 aliphatic heterocycles. The normalized spacial score (nSPS) is 11.5. The average Bonchev–Trinajstić information content (AvgIpc) is 1.86. The topological polar surface area (TPSA) is 27.7 Å². The Labute approximate surface area is 74.1 Å². The molecule has 5 heteroatoms. The number of rotatable bonds is 6. The molecule has 0 atom stereocenters. The van der Waals surface area contributed by atoms with E-state index < -0.39 is 8.59 Å². The number of halogens is 1. The van der Waals surface area contributed by atoms with Gasteiger partial charge in [-0.3, -0.25) is 0 Å². The largest absolute Gasteiger partial charge is 0.506 e. The molecule has 0 rings (SSSR count). The second-order valence-corrected chi connectivity index (χ2v) is 4.17. The monoisotopic (exact) mass is 197 g/mol. The number of methoxy groups -OCH3 is 1. The Morgan fingerprint density at radius 2 is 2.00 bits per heavy atom. The lowest BCUT2D eigenvalue weighted by molar-refractivity contribution is 0.117. The number of ether oxygens (including phenoxy) is 1. The van der Waals surface area contributed by atoms with Crippen molar-refractivity contribution in [3.8, 4) is 0 Å². The molecular weight excluding hydrogens is 184 g/mol. The van der Waals surface area contributed by atoms with Crippen molar-refractivity contribution in [3.63, 3.8) is 0 Å². The highest BCUT2D eigenvalue weighted by atomic mass is 35.6. The van der Waals surface area contributed by atoms with E-state index in [1.165, 1.54) is 0 Å². The van der Waals surface area contributed by atoms with E-state index in [0.717, 1.165) is 0 Å². The van der Waals surface area contributed by atoms with E-state index in [9.17, 15) is 0 Å². The Morgan fingerprint density at radius 1 is 1.36 bits per heavy atom. The predicted molar refractivity (Wildman–Crippen MR) is 45.7 cm³/mol. The van der Waals surface area contributed by atoms with E-state index in [0.29, 0.717) is 13.2 Å². The Kier molecular flexibility index (Phi) is 7.31. The van der Waals surface area contributed by atoms with E-state index in [1.54, 1.807) is 7.11 Å². The van der Waals surface area contributed by atoms with Gasteiger partial charge in [-0.05, 0) is 13.8 Å². The van der Waals surface area contributed by atoms with Crippen LogP contribution in [0.5, 0.6) is 0 Å². The summed E-state index contributed by atoms with van der Waals surface area (Å²) in [6.45, 7) is 4.91. The van der Waals surface area contributed by atoms with Crippen LogP contribution in [0.4, 0.5) is 0 Å². The average molecular weight is 198 g/mol. The summed E-state index contributed by atoms with van der Waals surface area (Å²) in [4.78, 5) is 0. The third-order valence-corrected chi connectivity index (χ3v) is 2.51. The van der Waals surface area contributed by atoms with Crippen molar-refractivity contribution in [1.29, 1.82) is 0 Å². The Morgan fingerprint density at radius 3 is 2.45 bits per heavy atom. The summed E-state index contributed by atoms with van der Waals surface area (Å²) in [5.74, 6) is 0. The Hall–Kier alpha value is 0.387. The van der Waals surface area contributed by atoms with Crippen LogP contribution in [0.15, 0.2) is 0 Å². The maximum Gasteiger partial charge on any atom is 0.506 e. The van der Waals surface area contributed by atoms with Crippen LogP contribution < -0.4 is 0 Å². The van der Waals surface area contributed by atoms with Gasteiger partial charge in [-0.1, -0.05) is 11.1 Å². The number of hydrogen-bond acceptors (Lipinski definition) is 3. The minimum atomic E-state index is -1.57. The first-order valence-electron chi connectivity index (χ1n) is 3.47. The molecule has 1 radical (unpaired) electrons. The van der Waals surface area contributed by atoms with E-state index in [4.69, 9.17) is 24.7 Å². The highest BCUT2D eigenvalue weighted by molar-refractivity contribution is 6.99. The van der Waals surface area contributed by atoms with Crippen molar-refractivity contribution in [1.82, 2.24) is 0 Å². The van der Waals surface area contributed by atoms with Crippen molar-refractivity contribution in [2.75, 3.05) is 20.3 Å². The molecule has 0 aromatic heterocycles. The van der Waals surface area contributed by atoms with Crippen LogP contribution in [0, 0.1) is 0 Å². The van der Waals surface area contributed by atoms with Gasteiger partial charge in [0.1, 0.15) is 0 Å². The van der Waals surface area contributed by atoms with Gasteiger partial charge in [0, 0.05) is 13.2 Å². The smallest absolute Gasteiger partial charge is 0.382 e. The van der Waals surface area contributed by atoms with Gasteiger partial charge in [-0.25, -0.2) is 0 Å². The molecule has 11 heavy (non-hydrogen) atoms. The van der Waals surface area contributed by atoms with Crippen LogP contribution in [0.25, 0.3) is 0 Å². The summed E-state index contributed by atoms with van der Waals surface area (Å²) >= 11 is 5.71. The SMILES string of the molecule is COCCO[Si](Cl)OC(C)C. The molecule has 0 unspecified atom stereocenters. The van der Waals surface area contributed by atoms with Gasteiger partial charge >= 0.3 is 8.59 Å². The maximum atomic E-state index is 5.71. The van der Waals surface area contributed by atoms with Gasteiger partial charge < -0.3 is 13.6 Å². The van der Waals surface area contributed by atoms with Crippen LogP contribution in [-0.4, -0.2) is 35.0 Å². The summed E-state index contributed by atoms with van der Waals surface area (Å²) in [6, 6.07) is 0. The summed E-state index contributed by atoms with van der Waals surface area (Å²) in [5, 5.41) is 0. The fraction of sp³-hybridized carbons (Fsp3) is 1.00. The minimum Gasteiger partial charge on any atom is -0.382 e. The van der Waals surface area contributed by atoms with Crippen LogP contribution >= 0.6 is 11.1 Å². The molecule has 0 heterocycles. The van der Waals surface area contributed by atoms with Gasteiger partial charge in [-0.2, -0.15) is 0 Å². The Bertz CT molecular complexity index is 91.9. The van der Waals surface area contributed by atoms with Gasteiger partial charge in [0.2, 0.25) is 0 Å². The van der Waals surface area contributed by atoms with Crippen LogP contribution in [-0.2, 0) is 13.6 Å². The van der Waals surface area contributed by atoms with E-state index in [1.807, 2.05) is 13.8 Å². The summed E-state index contributed by atoms with van der Waals surface area (Å²) in [6.07, 6.45) is 0.129. The van der Waals surface area contributed by atoms with Crippen molar-refractivity contribution in [2.24, 2.45) is 0 Å². The third kappa shape index (κ3) is 8.29. The van der Waals surface area contributed by atoms with Crippen molar-refractivity contribution in [2.45, 2.75) is 20.0 Å². The van der Waals surface area contributed by atoms with Gasteiger partial charge in [0.15, 0.2) is 0 Å². The van der Waals surface area contributed by atoms with Gasteiger partial charge in [-0.15, -0.1) is 0 Å². The molecular formula is C6H14ClO3Si. The molecule has 0 saturated heterocycles. The molecule has 0 fully saturated rings. The molecule has 3 nitrogen and oxygen atoms in total. The highest BCUT2D eigenvalue weighted by Gasteiger charge is 2.13. The molecule has 0 amide bonds. The summed E-state index contributed by atoms with van der Waals surface area (Å²) in [7, 11) is 0.0490. The summed E-state index contributed by atoms with van der Waals surface area (Å²) < 4.78 is 15.1. The molecule has 0 aromatic rings. The summed E-state index contributed by atoms with van der Waals surface area (Å²) in [5.41, 5.74) is 0. The molecule has 0 saturated carbocycles. The van der Waals surface area contributed by atoms with Crippen molar-refractivity contribution < 1.29 is 13.6 Å². The standard InChI is InChI=1S/C6H14ClO3Si/c1-6(2)10-11(7)9-5-4-8-3/h6H,4-5H2,1-3H3. The van der Waals surface area contributed by atoms with E-state index in [-0.39, 0.29) is 6.10 Å². The second-order valence-electron chi connectivity index (χ2n) is 2.25. The van der Waals surface area contributed by atoms with Crippen LogP contribution in [0.1, 0.15) is 13.8 Å². The van der Waals surface area contributed by atoms with Crippen molar-refractivity contribution in [3.05, 3.63) is 0 Å². The van der Waals surface area contributed by atoms with Crippen LogP contribution in [0.3, 0.4) is 0 Å². The number of hydrogen-bond donors (Lipinski definition) is 0. The molecule has 0 aliphatic carbocycles. The quantitative estimate of drug-likeness (QED) is 0.365. The zero-order valence-electron chi connectivity index (χ0n) is 7.09. The Balaban J connectivity index is 3.15. The van der Waals surface area contributed by atoms with E-state index >= 15 is 0 Å². The van der Waals surface area contributed by atoms with Crippen LogP contribution in [0.2, 0.25) is 0 Å². The molecule has 0 N–H and O–H groups in total. The van der Waals surface area contributed by atoms with Crippen molar-refractivity contribution >= 4 is 19.7 Å². The molecule has 67 valence electrons.